The maximum Gasteiger partial charge on any atom is 0.238 e. The van der Waals surface area contributed by atoms with E-state index in [0.29, 0.717) is 23.8 Å². The molecule has 0 unspecified atom stereocenters. The van der Waals surface area contributed by atoms with E-state index in [2.05, 4.69) is 22.0 Å². The molecule has 1 aromatic carbocycles. The van der Waals surface area contributed by atoms with Crippen LogP contribution in [0.25, 0.3) is 0 Å². The van der Waals surface area contributed by atoms with Crippen LogP contribution in [0.5, 0.6) is 0 Å². The van der Waals surface area contributed by atoms with Gasteiger partial charge < -0.3 is 10.2 Å². The molecule has 2 heterocycles. The fourth-order valence-corrected chi connectivity index (χ4v) is 3.79. The first-order valence-electron chi connectivity index (χ1n) is 9.78. The third kappa shape index (κ3) is 5.92. The van der Waals surface area contributed by atoms with Crippen molar-refractivity contribution in [1.29, 1.82) is 0 Å². The van der Waals surface area contributed by atoms with Gasteiger partial charge in [0.05, 0.1) is 23.8 Å². The van der Waals surface area contributed by atoms with Crippen molar-refractivity contribution in [2.24, 2.45) is 5.92 Å². The second-order valence-corrected chi connectivity index (χ2v) is 8.05. The molecule has 2 aliphatic heterocycles. The fourth-order valence-electron chi connectivity index (χ4n) is 3.61. The number of para-hydroxylation sites is 1. The van der Waals surface area contributed by atoms with Gasteiger partial charge in [0.15, 0.2) is 0 Å². The number of carbonyl (C=O) groups is 2. The molecule has 2 aliphatic rings. The van der Waals surface area contributed by atoms with E-state index < -0.39 is 0 Å². The average molecular weight is 393 g/mol. The molecule has 0 radical (unpaired) electrons. The van der Waals surface area contributed by atoms with Gasteiger partial charge in [-0.25, -0.2) is 0 Å². The van der Waals surface area contributed by atoms with Crippen molar-refractivity contribution in [2.45, 2.75) is 19.8 Å². The first kappa shape index (κ1) is 20.1. The predicted octanol–water partition coefficient (Wildman–Crippen LogP) is 2.15. The third-order valence-corrected chi connectivity index (χ3v) is 5.80. The van der Waals surface area contributed by atoms with Crippen LogP contribution in [0.4, 0.5) is 5.69 Å². The number of anilines is 1. The Kier molecular flexibility index (Phi) is 7.10. The zero-order valence-electron chi connectivity index (χ0n) is 16.0. The molecule has 0 aliphatic carbocycles. The number of rotatable bonds is 5. The number of piperazine rings is 1. The molecule has 3 rings (SSSR count). The summed E-state index contributed by atoms with van der Waals surface area (Å²) in [6.07, 6.45) is 2.22. The minimum Gasteiger partial charge on any atom is -0.342 e. The Morgan fingerprint density at radius 2 is 1.59 bits per heavy atom. The number of carbonyl (C=O) groups excluding carboxylic acids is 2. The third-order valence-electron chi connectivity index (χ3n) is 5.48. The van der Waals surface area contributed by atoms with Crippen molar-refractivity contribution in [1.82, 2.24) is 14.7 Å². The number of benzene rings is 1. The zero-order valence-corrected chi connectivity index (χ0v) is 16.7. The smallest absolute Gasteiger partial charge is 0.238 e. The molecular formula is C20H29ClN4O2. The highest BCUT2D eigenvalue weighted by Gasteiger charge is 2.25. The molecule has 6 nitrogen and oxygen atoms in total. The highest BCUT2D eigenvalue weighted by molar-refractivity contribution is 6.33. The van der Waals surface area contributed by atoms with E-state index in [9.17, 15) is 9.59 Å². The summed E-state index contributed by atoms with van der Waals surface area (Å²) >= 11 is 6.08. The zero-order chi connectivity index (χ0) is 19.2. The summed E-state index contributed by atoms with van der Waals surface area (Å²) in [5, 5.41) is 3.40. The van der Waals surface area contributed by atoms with Crippen molar-refractivity contribution < 1.29 is 9.59 Å². The number of nitrogens with zero attached hydrogens (tertiary/aromatic N) is 3. The number of piperidine rings is 1. The maximum absolute atomic E-state index is 12.5. The van der Waals surface area contributed by atoms with Gasteiger partial charge >= 0.3 is 0 Å². The van der Waals surface area contributed by atoms with Gasteiger partial charge in [-0.05, 0) is 30.9 Å². The topological polar surface area (TPSA) is 55.9 Å². The average Bonchev–Trinajstić information content (AvgIpc) is 2.66. The summed E-state index contributed by atoms with van der Waals surface area (Å²) in [6, 6.07) is 7.24. The lowest BCUT2D eigenvalue weighted by Crippen LogP contribution is -2.52. The fraction of sp³-hybridized carbons (Fsp3) is 0.600. The Balaban J connectivity index is 1.38. The molecule has 7 heteroatoms. The van der Waals surface area contributed by atoms with Crippen LogP contribution >= 0.6 is 11.6 Å². The molecule has 0 atom stereocenters. The lowest BCUT2D eigenvalue weighted by molar-refractivity contribution is -0.134. The van der Waals surface area contributed by atoms with Gasteiger partial charge in [0, 0.05) is 39.3 Å². The monoisotopic (exact) mass is 392 g/mol. The van der Waals surface area contributed by atoms with Crippen LogP contribution in [-0.4, -0.2) is 78.9 Å². The Morgan fingerprint density at radius 1 is 1.00 bits per heavy atom. The van der Waals surface area contributed by atoms with E-state index in [1.54, 1.807) is 12.1 Å². The van der Waals surface area contributed by atoms with Crippen molar-refractivity contribution in [3.05, 3.63) is 29.3 Å². The summed E-state index contributed by atoms with van der Waals surface area (Å²) in [6.45, 7) is 8.09. The minimum absolute atomic E-state index is 0.0601. The van der Waals surface area contributed by atoms with E-state index in [4.69, 9.17) is 11.6 Å². The normalized spacial score (nSPS) is 19.9. The summed E-state index contributed by atoms with van der Waals surface area (Å²) in [5.41, 5.74) is 0.643. The highest BCUT2D eigenvalue weighted by atomic mass is 35.5. The quantitative estimate of drug-likeness (QED) is 0.834. The Hall–Kier alpha value is -1.63. The number of nitrogens with one attached hydrogen (secondary N) is 1. The van der Waals surface area contributed by atoms with Gasteiger partial charge in [-0.3, -0.25) is 19.4 Å². The number of hydrogen-bond donors (Lipinski definition) is 1. The molecule has 2 fully saturated rings. The SMILES string of the molecule is CC1CCN(C(=O)CN2CCN(CC(=O)Nc3ccccc3Cl)CC2)CC1. The number of likely N-dealkylation sites (tertiary alicyclic amines) is 1. The van der Waals surface area contributed by atoms with Gasteiger partial charge in [-0.2, -0.15) is 0 Å². The van der Waals surface area contributed by atoms with Gasteiger partial charge in [0.25, 0.3) is 0 Å². The Bertz CT molecular complexity index is 653. The number of hydrogen-bond acceptors (Lipinski definition) is 4. The van der Waals surface area contributed by atoms with Gasteiger partial charge in [0.2, 0.25) is 11.8 Å². The molecular weight excluding hydrogens is 364 g/mol. The van der Waals surface area contributed by atoms with E-state index in [1.165, 1.54) is 0 Å². The first-order chi connectivity index (χ1) is 13.0. The summed E-state index contributed by atoms with van der Waals surface area (Å²) < 4.78 is 0. The largest absolute Gasteiger partial charge is 0.342 e. The van der Waals surface area contributed by atoms with E-state index in [0.717, 1.165) is 58.0 Å². The highest BCUT2D eigenvalue weighted by Crippen LogP contribution is 2.20. The van der Waals surface area contributed by atoms with Crippen LogP contribution in [0.1, 0.15) is 19.8 Å². The molecule has 0 spiro atoms. The lowest BCUT2D eigenvalue weighted by Gasteiger charge is -2.36. The van der Waals surface area contributed by atoms with Crippen LogP contribution in [0.15, 0.2) is 24.3 Å². The first-order valence-corrected chi connectivity index (χ1v) is 10.2. The van der Waals surface area contributed by atoms with Crippen molar-refractivity contribution in [3.8, 4) is 0 Å². The number of halogens is 1. The van der Waals surface area contributed by atoms with Gasteiger partial charge in [0.1, 0.15) is 0 Å². The Morgan fingerprint density at radius 3 is 2.22 bits per heavy atom. The lowest BCUT2D eigenvalue weighted by atomic mass is 9.99. The molecule has 148 valence electrons. The molecule has 0 bridgehead atoms. The predicted molar refractivity (Wildman–Crippen MR) is 108 cm³/mol. The van der Waals surface area contributed by atoms with Crippen LogP contribution in [0, 0.1) is 5.92 Å². The number of amides is 2. The van der Waals surface area contributed by atoms with Crippen LogP contribution in [-0.2, 0) is 9.59 Å². The molecule has 1 N–H and O–H groups in total. The van der Waals surface area contributed by atoms with E-state index in [-0.39, 0.29) is 11.8 Å². The van der Waals surface area contributed by atoms with Crippen molar-refractivity contribution >= 4 is 29.1 Å². The molecule has 0 aromatic heterocycles. The van der Waals surface area contributed by atoms with Crippen molar-refractivity contribution in [3.63, 3.8) is 0 Å². The van der Waals surface area contributed by atoms with Gasteiger partial charge in [-0.15, -0.1) is 0 Å². The van der Waals surface area contributed by atoms with Crippen LogP contribution < -0.4 is 5.32 Å². The molecule has 2 amide bonds. The molecule has 1 aromatic rings. The summed E-state index contributed by atoms with van der Waals surface area (Å²) in [5.74, 6) is 0.913. The van der Waals surface area contributed by atoms with Crippen LogP contribution in [0.3, 0.4) is 0 Å². The second kappa shape index (κ2) is 9.53. The van der Waals surface area contributed by atoms with Crippen molar-refractivity contribution in [2.75, 3.05) is 57.7 Å². The van der Waals surface area contributed by atoms with Gasteiger partial charge in [-0.1, -0.05) is 30.7 Å². The van der Waals surface area contributed by atoms with Crippen LogP contribution in [0.2, 0.25) is 5.02 Å². The summed E-state index contributed by atoms with van der Waals surface area (Å²) in [4.78, 5) is 31.0. The maximum atomic E-state index is 12.5. The standard InChI is InChI=1S/C20H29ClN4O2/c1-16-6-8-25(9-7-16)20(27)15-24-12-10-23(11-13-24)14-19(26)22-18-5-3-2-4-17(18)21/h2-5,16H,6-15H2,1H3,(H,22,26). The molecule has 0 saturated carbocycles. The molecule has 2 saturated heterocycles. The minimum atomic E-state index is -0.0601. The second-order valence-electron chi connectivity index (χ2n) is 7.64. The Labute approximate surface area is 166 Å². The summed E-state index contributed by atoms with van der Waals surface area (Å²) in [7, 11) is 0. The van der Waals surface area contributed by atoms with E-state index in [1.807, 2.05) is 17.0 Å². The van der Waals surface area contributed by atoms with E-state index >= 15 is 0 Å². The molecule has 27 heavy (non-hydrogen) atoms.